The minimum Gasteiger partial charge on any atom is -0.467 e. The number of hydrogen-bond acceptors (Lipinski definition) is 4. The number of aromatic nitrogens is 1. The lowest BCUT2D eigenvalue weighted by Crippen LogP contribution is -1.84. The first kappa shape index (κ1) is 12.7. The van der Waals surface area contributed by atoms with Crippen LogP contribution in [0, 0.1) is 0 Å². The van der Waals surface area contributed by atoms with Crippen molar-refractivity contribution in [2.75, 3.05) is 0 Å². The predicted molar refractivity (Wildman–Crippen MR) is 86.2 cm³/mol. The van der Waals surface area contributed by atoms with Crippen LogP contribution in [0.4, 0.5) is 5.69 Å². The largest absolute Gasteiger partial charge is 0.467 e. The summed E-state index contributed by atoms with van der Waals surface area (Å²) in [6, 6.07) is 19.7. The molecule has 0 amide bonds. The Balaban J connectivity index is 1.87. The summed E-state index contributed by atoms with van der Waals surface area (Å²) in [5, 5.41) is 10.8. The van der Waals surface area contributed by atoms with E-state index in [2.05, 4.69) is 15.2 Å². The summed E-state index contributed by atoms with van der Waals surface area (Å²) in [7, 11) is 0. The van der Waals surface area contributed by atoms with Crippen LogP contribution in [0.3, 0.4) is 0 Å². The highest BCUT2D eigenvalue weighted by Crippen LogP contribution is 2.33. The number of furan rings is 1. The fourth-order valence-corrected chi connectivity index (χ4v) is 2.50. The SMILES string of the molecule is c1coc(CN=Nc2c3ccccc3nc3ccccc23)c1. The van der Waals surface area contributed by atoms with Gasteiger partial charge in [0.05, 0.1) is 17.3 Å². The van der Waals surface area contributed by atoms with Gasteiger partial charge < -0.3 is 4.42 Å². The van der Waals surface area contributed by atoms with E-state index < -0.39 is 0 Å². The number of benzene rings is 2. The van der Waals surface area contributed by atoms with E-state index >= 15 is 0 Å². The Bertz CT molecular complexity index is 905. The molecule has 0 fully saturated rings. The molecule has 0 radical (unpaired) electrons. The highest BCUT2D eigenvalue weighted by Gasteiger charge is 2.07. The second kappa shape index (κ2) is 5.41. The van der Waals surface area contributed by atoms with E-state index in [1.54, 1.807) is 6.26 Å². The van der Waals surface area contributed by atoms with Crippen LogP contribution >= 0.6 is 0 Å². The molecule has 0 atom stereocenters. The average molecular weight is 287 g/mol. The van der Waals surface area contributed by atoms with Gasteiger partial charge >= 0.3 is 0 Å². The van der Waals surface area contributed by atoms with Gasteiger partial charge in [0.25, 0.3) is 0 Å². The van der Waals surface area contributed by atoms with Crippen LogP contribution in [0.25, 0.3) is 21.8 Å². The average Bonchev–Trinajstić information content (AvgIpc) is 3.07. The molecule has 4 nitrogen and oxygen atoms in total. The maximum Gasteiger partial charge on any atom is 0.127 e. The van der Waals surface area contributed by atoms with Crippen LogP contribution in [-0.2, 0) is 6.54 Å². The molecule has 0 aliphatic rings. The molecular weight excluding hydrogens is 274 g/mol. The summed E-state index contributed by atoms with van der Waals surface area (Å²) in [6.45, 7) is 0.429. The summed E-state index contributed by atoms with van der Waals surface area (Å²) in [4.78, 5) is 4.68. The summed E-state index contributed by atoms with van der Waals surface area (Å²) in [5.41, 5.74) is 2.70. The van der Waals surface area contributed by atoms with E-state index in [1.807, 2.05) is 60.7 Å². The van der Waals surface area contributed by atoms with E-state index in [4.69, 9.17) is 4.42 Å². The van der Waals surface area contributed by atoms with Gasteiger partial charge in [-0.05, 0) is 24.3 Å². The van der Waals surface area contributed by atoms with Crippen molar-refractivity contribution in [1.82, 2.24) is 4.98 Å². The molecule has 0 aliphatic heterocycles. The van der Waals surface area contributed by atoms with Crippen LogP contribution in [-0.4, -0.2) is 4.98 Å². The molecule has 0 unspecified atom stereocenters. The highest BCUT2D eigenvalue weighted by atomic mass is 16.3. The number of para-hydroxylation sites is 2. The third kappa shape index (κ3) is 2.24. The second-order valence-corrected chi connectivity index (χ2v) is 4.97. The molecule has 2 aromatic carbocycles. The summed E-state index contributed by atoms with van der Waals surface area (Å²) in [5.74, 6) is 0.798. The Kier molecular flexibility index (Phi) is 3.12. The maximum absolute atomic E-state index is 5.28. The highest BCUT2D eigenvalue weighted by molar-refractivity contribution is 6.05. The Morgan fingerprint density at radius 3 is 2.14 bits per heavy atom. The summed E-state index contributed by atoms with van der Waals surface area (Å²) < 4.78 is 5.28. The van der Waals surface area contributed by atoms with Crippen molar-refractivity contribution < 1.29 is 4.42 Å². The molecule has 2 aromatic heterocycles. The summed E-state index contributed by atoms with van der Waals surface area (Å²) in [6.07, 6.45) is 1.64. The molecule has 2 heterocycles. The van der Waals surface area contributed by atoms with Gasteiger partial charge in [-0.1, -0.05) is 36.4 Å². The van der Waals surface area contributed by atoms with Crippen LogP contribution in [0.1, 0.15) is 5.76 Å². The molecule has 0 aliphatic carbocycles. The minimum absolute atomic E-state index is 0.429. The van der Waals surface area contributed by atoms with Gasteiger partial charge in [-0.25, -0.2) is 4.98 Å². The van der Waals surface area contributed by atoms with Crippen molar-refractivity contribution >= 4 is 27.5 Å². The quantitative estimate of drug-likeness (QED) is 0.381. The molecule has 0 N–H and O–H groups in total. The maximum atomic E-state index is 5.28. The molecule has 0 bridgehead atoms. The minimum atomic E-state index is 0.429. The summed E-state index contributed by atoms with van der Waals surface area (Å²) >= 11 is 0. The zero-order valence-electron chi connectivity index (χ0n) is 11.8. The Hall–Kier alpha value is -3.01. The van der Waals surface area contributed by atoms with E-state index in [0.717, 1.165) is 33.3 Å². The van der Waals surface area contributed by atoms with Gasteiger partial charge in [0.1, 0.15) is 18.0 Å². The van der Waals surface area contributed by atoms with Crippen LogP contribution in [0.2, 0.25) is 0 Å². The first-order chi connectivity index (χ1) is 10.9. The lowest BCUT2D eigenvalue weighted by Gasteiger charge is -2.05. The zero-order chi connectivity index (χ0) is 14.8. The van der Waals surface area contributed by atoms with E-state index in [0.29, 0.717) is 6.54 Å². The molecule has 22 heavy (non-hydrogen) atoms. The van der Waals surface area contributed by atoms with Crippen LogP contribution < -0.4 is 0 Å². The van der Waals surface area contributed by atoms with Crippen LogP contribution in [0.15, 0.2) is 81.6 Å². The number of rotatable bonds is 3. The molecule has 0 spiro atoms. The van der Waals surface area contributed by atoms with E-state index in [9.17, 15) is 0 Å². The van der Waals surface area contributed by atoms with Gasteiger partial charge in [0.2, 0.25) is 0 Å². The molecule has 4 aromatic rings. The van der Waals surface area contributed by atoms with Gasteiger partial charge in [-0.2, -0.15) is 10.2 Å². The molecule has 0 saturated carbocycles. The topological polar surface area (TPSA) is 50.8 Å². The number of pyridine rings is 1. The standard InChI is InChI=1S/C18H13N3O/c1-3-9-16-14(7-1)18(15-8-2-4-10-17(15)20-16)21-19-12-13-6-5-11-22-13/h1-11H,12H2. The lowest BCUT2D eigenvalue weighted by atomic mass is 10.1. The lowest BCUT2D eigenvalue weighted by molar-refractivity contribution is 0.509. The Morgan fingerprint density at radius 1 is 0.818 bits per heavy atom. The van der Waals surface area contributed by atoms with Crippen molar-refractivity contribution in [2.45, 2.75) is 6.54 Å². The molecule has 106 valence electrons. The van der Waals surface area contributed by atoms with Crippen molar-refractivity contribution in [3.8, 4) is 0 Å². The Labute approximate surface area is 127 Å². The molecular formula is C18H13N3O. The van der Waals surface area contributed by atoms with Crippen LogP contribution in [0.5, 0.6) is 0 Å². The van der Waals surface area contributed by atoms with Gasteiger partial charge in [0.15, 0.2) is 0 Å². The smallest absolute Gasteiger partial charge is 0.127 e. The normalized spacial score (nSPS) is 11.6. The molecule has 0 saturated heterocycles. The molecule has 4 rings (SSSR count). The zero-order valence-corrected chi connectivity index (χ0v) is 11.8. The first-order valence-corrected chi connectivity index (χ1v) is 7.09. The first-order valence-electron chi connectivity index (χ1n) is 7.09. The second-order valence-electron chi connectivity index (χ2n) is 4.97. The fraction of sp³-hybridized carbons (Fsp3) is 0.0556. The third-order valence-electron chi connectivity index (χ3n) is 3.54. The van der Waals surface area contributed by atoms with Crippen molar-refractivity contribution in [3.63, 3.8) is 0 Å². The van der Waals surface area contributed by atoms with Gasteiger partial charge in [-0.3, -0.25) is 0 Å². The van der Waals surface area contributed by atoms with Gasteiger partial charge in [0, 0.05) is 10.8 Å². The number of hydrogen-bond donors (Lipinski definition) is 0. The van der Waals surface area contributed by atoms with E-state index in [1.165, 1.54) is 0 Å². The van der Waals surface area contributed by atoms with Crippen molar-refractivity contribution in [3.05, 3.63) is 72.7 Å². The third-order valence-corrected chi connectivity index (χ3v) is 3.54. The van der Waals surface area contributed by atoms with Crippen molar-refractivity contribution in [2.24, 2.45) is 10.2 Å². The number of azo groups is 1. The van der Waals surface area contributed by atoms with Crippen molar-refractivity contribution in [1.29, 1.82) is 0 Å². The number of fused-ring (bicyclic) bond motifs is 2. The monoisotopic (exact) mass is 287 g/mol. The van der Waals surface area contributed by atoms with Gasteiger partial charge in [-0.15, -0.1) is 0 Å². The fourth-order valence-electron chi connectivity index (χ4n) is 2.50. The van der Waals surface area contributed by atoms with E-state index in [-0.39, 0.29) is 0 Å². The Morgan fingerprint density at radius 2 is 1.50 bits per heavy atom. The number of nitrogens with zero attached hydrogens (tertiary/aromatic N) is 3. The molecule has 4 heteroatoms. The predicted octanol–water partition coefficient (Wildman–Crippen LogP) is 5.26.